The number of carboxylic acid groups (broad SMARTS) is 1. The monoisotopic (exact) mass is 375 g/mol. The summed E-state index contributed by atoms with van der Waals surface area (Å²) in [4.78, 5) is 11.7. The Balaban J connectivity index is 1.56. The number of carbonyl (C=O) groups is 1. The molecule has 1 aliphatic carbocycles. The van der Waals surface area contributed by atoms with Crippen LogP contribution < -0.4 is 0 Å². The Morgan fingerprint density at radius 1 is 1.23 bits per heavy atom. The quantitative estimate of drug-likeness (QED) is 0.830. The van der Waals surface area contributed by atoms with Crippen molar-refractivity contribution >= 4 is 16.0 Å². The first-order valence-electron chi connectivity index (χ1n) is 8.74. The van der Waals surface area contributed by atoms with E-state index in [2.05, 4.69) is 5.10 Å². The summed E-state index contributed by atoms with van der Waals surface area (Å²) in [5, 5.41) is 13.8. The maximum atomic E-state index is 13.1. The van der Waals surface area contributed by atoms with Gasteiger partial charge in [-0.25, -0.2) is 8.42 Å². The lowest BCUT2D eigenvalue weighted by molar-refractivity contribution is -0.164. The molecule has 1 unspecified atom stereocenters. The average Bonchev–Trinajstić information content (AvgIpc) is 3.00. The first kappa shape index (κ1) is 17.2. The SMILES string of the molecule is O=C(O)C1N(S(=O)(=O)c2ccnn2CCc2ccccc2)CC12CCC2. The van der Waals surface area contributed by atoms with Crippen LogP contribution in [0.5, 0.6) is 0 Å². The van der Waals surface area contributed by atoms with Crippen LogP contribution in [0.4, 0.5) is 0 Å². The predicted octanol–water partition coefficient (Wildman–Crippen LogP) is 1.75. The number of aryl methyl sites for hydroxylation is 2. The zero-order chi connectivity index (χ0) is 18.4. The van der Waals surface area contributed by atoms with E-state index in [0.717, 1.165) is 29.1 Å². The lowest BCUT2D eigenvalue weighted by atomic mass is 9.59. The van der Waals surface area contributed by atoms with Crippen molar-refractivity contribution in [3.8, 4) is 0 Å². The zero-order valence-corrected chi connectivity index (χ0v) is 15.1. The lowest BCUT2D eigenvalue weighted by Crippen LogP contribution is -2.71. The molecule has 2 aliphatic rings. The summed E-state index contributed by atoms with van der Waals surface area (Å²) in [5.74, 6) is -1.06. The van der Waals surface area contributed by atoms with E-state index in [1.54, 1.807) is 0 Å². The van der Waals surface area contributed by atoms with Crippen molar-refractivity contribution in [2.24, 2.45) is 5.41 Å². The average molecular weight is 375 g/mol. The van der Waals surface area contributed by atoms with Crippen LogP contribution in [0.1, 0.15) is 24.8 Å². The normalized spacial score (nSPS) is 21.9. The molecule has 1 spiro atoms. The molecule has 2 heterocycles. The lowest BCUT2D eigenvalue weighted by Gasteiger charge is -2.59. The fourth-order valence-corrected chi connectivity index (χ4v) is 5.96. The zero-order valence-electron chi connectivity index (χ0n) is 14.3. The molecule has 1 N–H and O–H groups in total. The van der Waals surface area contributed by atoms with Gasteiger partial charge in [0.15, 0.2) is 5.03 Å². The highest BCUT2D eigenvalue weighted by atomic mass is 32.2. The van der Waals surface area contributed by atoms with Gasteiger partial charge in [-0.3, -0.25) is 9.48 Å². The maximum absolute atomic E-state index is 13.1. The minimum absolute atomic E-state index is 0.0638. The highest BCUT2D eigenvalue weighted by Crippen LogP contribution is 2.54. The van der Waals surface area contributed by atoms with E-state index in [4.69, 9.17) is 0 Å². The van der Waals surface area contributed by atoms with Crippen LogP contribution in [-0.2, 0) is 27.8 Å². The van der Waals surface area contributed by atoms with Crippen molar-refractivity contribution in [3.63, 3.8) is 0 Å². The highest BCUT2D eigenvalue weighted by Gasteiger charge is 2.63. The molecular weight excluding hydrogens is 354 g/mol. The molecule has 138 valence electrons. The van der Waals surface area contributed by atoms with Crippen LogP contribution in [0.2, 0.25) is 0 Å². The molecule has 0 amide bonds. The second-order valence-electron chi connectivity index (χ2n) is 7.14. The molecule has 2 aromatic rings. The van der Waals surface area contributed by atoms with Crippen LogP contribution in [0.3, 0.4) is 0 Å². The number of sulfonamides is 1. The molecule has 2 fully saturated rings. The number of aromatic nitrogens is 2. The van der Waals surface area contributed by atoms with Crippen molar-refractivity contribution in [2.45, 2.75) is 43.3 Å². The largest absolute Gasteiger partial charge is 0.480 e. The summed E-state index contributed by atoms with van der Waals surface area (Å²) >= 11 is 0. The first-order chi connectivity index (χ1) is 12.4. The van der Waals surface area contributed by atoms with Crippen molar-refractivity contribution in [2.75, 3.05) is 6.54 Å². The Morgan fingerprint density at radius 3 is 2.58 bits per heavy atom. The fourth-order valence-electron chi connectivity index (χ4n) is 4.06. The summed E-state index contributed by atoms with van der Waals surface area (Å²) < 4.78 is 28.7. The Hall–Kier alpha value is -2.19. The summed E-state index contributed by atoms with van der Waals surface area (Å²) in [6, 6.07) is 10.3. The first-order valence-corrected chi connectivity index (χ1v) is 10.2. The van der Waals surface area contributed by atoms with Gasteiger partial charge >= 0.3 is 5.97 Å². The van der Waals surface area contributed by atoms with Crippen molar-refractivity contribution in [1.82, 2.24) is 14.1 Å². The van der Waals surface area contributed by atoms with Gasteiger partial charge in [-0.15, -0.1) is 0 Å². The van der Waals surface area contributed by atoms with E-state index >= 15 is 0 Å². The minimum Gasteiger partial charge on any atom is -0.480 e. The number of carboxylic acids is 1. The topological polar surface area (TPSA) is 92.5 Å². The number of nitrogens with zero attached hydrogens (tertiary/aromatic N) is 3. The highest BCUT2D eigenvalue weighted by molar-refractivity contribution is 7.89. The van der Waals surface area contributed by atoms with E-state index in [0.29, 0.717) is 13.0 Å². The molecule has 1 saturated carbocycles. The van der Waals surface area contributed by atoms with Crippen LogP contribution in [-0.4, -0.2) is 46.2 Å². The molecule has 26 heavy (non-hydrogen) atoms. The molecule has 1 atom stereocenters. The Labute approximate surface area is 152 Å². The van der Waals surface area contributed by atoms with Crippen LogP contribution in [0.15, 0.2) is 47.6 Å². The Morgan fingerprint density at radius 2 is 1.96 bits per heavy atom. The summed E-state index contributed by atoms with van der Waals surface area (Å²) in [6.45, 7) is 0.707. The third kappa shape index (κ3) is 2.64. The van der Waals surface area contributed by atoms with E-state index in [-0.39, 0.29) is 17.0 Å². The van der Waals surface area contributed by atoms with Gasteiger partial charge in [0.05, 0.1) is 6.20 Å². The van der Waals surface area contributed by atoms with Gasteiger partial charge in [-0.2, -0.15) is 9.40 Å². The van der Waals surface area contributed by atoms with Crippen molar-refractivity contribution in [1.29, 1.82) is 0 Å². The summed E-state index contributed by atoms with van der Waals surface area (Å²) in [5.41, 5.74) is 0.723. The summed E-state index contributed by atoms with van der Waals surface area (Å²) in [6.07, 6.45) is 4.63. The number of hydrogen-bond donors (Lipinski definition) is 1. The second kappa shape index (κ2) is 6.21. The molecule has 0 bridgehead atoms. The molecule has 1 saturated heterocycles. The van der Waals surface area contributed by atoms with Crippen LogP contribution in [0.25, 0.3) is 0 Å². The molecule has 1 aliphatic heterocycles. The van der Waals surface area contributed by atoms with Crippen molar-refractivity contribution in [3.05, 3.63) is 48.2 Å². The smallest absolute Gasteiger partial charge is 0.322 e. The number of benzene rings is 1. The maximum Gasteiger partial charge on any atom is 0.322 e. The number of hydrogen-bond acceptors (Lipinski definition) is 4. The van der Waals surface area contributed by atoms with Gasteiger partial charge in [-0.05, 0) is 30.9 Å². The fraction of sp³-hybridized carbons (Fsp3) is 0.444. The van der Waals surface area contributed by atoms with Gasteiger partial charge in [0.1, 0.15) is 6.04 Å². The Kier molecular flexibility index (Phi) is 4.11. The molecule has 7 nitrogen and oxygen atoms in total. The van der Waals surface area contributed by atoms with Crippen molar-refractivity contribution < 1.29 is 18.3 Å². The van der Waals surface area contributed by atoms with Gasteiger partial charge in [0.2, 0.25) is 0 Å². The third-order valence-electron chi connectivity index (χ3n) is 5.63. The van der Waals surface area contributed by atoms with Crippen LogP contribution in [0, 0.1) is 5.41 Å². The molecule has 0 radical (unpaired) electrons. The predicted molar refractivity (Wildman–Crippen MR) is 94.0 cm³/mol. The number of aliphatic carboxylic acids is 1. The van der Waals surface area contributed by atoms with E-state index in [9.17, 15) is 18.3 Å². The van der Waals surface area contributed by atoms with Gasteiger partial charge in [0, 0.05) is 18.5 Å². The Bertz CT molecular complexity index is 919. The van der Waals surface area contributed by atoms with E-state index < -0.39 is 22.0 Å². The summed E-state index contributed by atoms with van der Waals surface area (Å²) in [7, 11) is -3.88. The molecular formula is C18H21N3O4S. The van der Waals surface area contributed by atoms with Gasteiger partial charge < -0.3 is 5.11 Å². The second-order valence-corrected chi connectivity index (χ2v) is 8.97. The number of rotatable bonds is 6. The molecule has 8 heteroatoms. The van der Waals surface area contributed by atoms with E-state index in [1.807, 2.05) is 30.3 Å². The molecule has 1 aromatic carbocycles. The minimum atomic E-state index is -3.88. The van der Waals surface area contributed by atoms with E-state index in [1.165, 1.54) is 16.9 Å². The standard InChI is InChI=1S/C18H21N3O4S/c22-17(23)16-18(9-4-10-18)13-21(16)26(24,25)15-7-11-19-20(15)12-8-14-5-2-1-3-6-14/h1-3,5-7,11,16H,4,8-10,12-13H2,(H,22,23). The van der Waals surface area contributed by atoms with Crippen LogP contribution >= 0.6 is 0 Å². The van der Waals surface area contributed by atoms with Gasteiger partial charge in [0.25, 0.3) is 10.0 Å². The molecule has 4 rings (SSSR count). The van der Waals surface area contributed by atoms with Gasteiger partial charge in [-0.1, -0.05) is 36.8 Å². The molecule has 1 aromatic heterocycles. The third-order valence-corrected chi connectivity index (χ3v) is 7.46.